The molecular formula is C15H15NO4. The van der Waals surface area contributed by atoms with E-state index in [1.54, 1.807) is 24.5 Å². The van der Waals surface area contributed by atoms with Crippen LogP contribution in [0, 0.1) is 0 Å². The molecule has 1 aromatic heterocycles. The Kier molecular flexibility index (Phi) is 3.69. The Labute approximate surface area is 116 Å². The van der Waals surface area contributed by atoms with Gasteiger partial charge in [0.2, 0.25) is 6.79 Å². The van der Waals surface area contributed by atoms with Crippen LogP contribution in [-0.4, -0.2) is 23.5 Å². The molecule has 0 fully saturated rings. The van der Waals surface area contributed by atoms with Crippen molar-refractivity contribution in [2.75, 3.05) is 13.4 Å². The third-order valence-electron chi connectivity index (χ3n) is 3.12. The van der Waals surface area contributed by atoms with Gasteiger partial charge in [0.05, 0.1) is 13.2 Å². The summed E-state index contributed by atoms with van der Waals surface area (Å²) in [5.41, 5.74) is 1.86. The molecule has 0 aliphatic carbocycles. The van der Waals surface area contributed by atoms with E-state index in [0.717, 1.165) is 12.0 Å². The predicted octanol–water partition coefficient (Wildman–Crippen LogP) is 1.92. The minimum absolute atomic E-state index is 0.0960. The number of aromatic nitrogens is 1. The fraction of sp³-hybridized carbons (Fsp3) is 0.267. The van der Waals surface area contributed by atoms with E-state index >= 15 is 0 Å². The molecular weight excluding hydrogens is 258 g/mol. The lowest BCUT2D eigenvalue weighted by atomic mass is 10.2. The van der Waals surface area contributed by atoms with Crippen LogP contribution in [0.4, 0.5) is 0 Å². The van der Waals surface area contributed by atoms with E-state index in [0.29, 0.717) is 29.4 Å². The molecule has 0 spiro atoms. The number of aliphatic hydroxyl groups excluding tert-OH is 1. The van der Waals surface area contributed by atoms with Gasteiger partial charge in [0.25, 0.3) is 0 Å². The van der Waals surface area contributed by atoms with Gasteiger partial charge in [0.1, 0.15) is 5.75 Å². The molecule has 0 unspecified atom stereocenters. The average Bonchev–Trinajstić information content (AvgIpc) is 2.94. The molecule has 0 atom stereocenters. The van der Waals surface area contributed by atoms with Crippen molar-refractivity contribution >= 4 is 0 Å². The quantitative estimate of drug-likeness (QED) is 0.902. The molecule has 0 amide bonds. The lowest BCUT2D eigenvalue weighted by Gasteiger charge is -2.11. The maximum absolute atomic E-state index is 9.38. The molecule has 3 rings (SSSR count). The summed E-state index contributed by atoms with van der Waals surface area (Å²) in [6.07, 6.45) is 4.30. The van der Waals surface area contributed by atoms with Crippen molar-refractivity contribution in [1.82, 2.24) is 4.98 Å². The van der Waals surface area contributed by atoms with E-state index in [-0.39, 0.29) is 13.4 Å². The topological polar surface area (TPSA) is 60.8 Å². The van der Waals surface area contributed by atoms with Gasteiger partial charge in [-0.25, -0.2) is 0 Å². The van der Waals surface area contributed by atoms with Crippen LogP contribution in [0.3, 0.4) is 0 Å². The highest BCUT2D eigenvalue weighted by Gasteiger charge is 2.17. The molecule has 2 heterocycles. The first kappa shape index (κ1) is 12.7. The van der Waals surface area contributed by atoms with Crippen molar-refractivity contribution in [3.05, 3.63) is 47.8 Å². The van der Waals surface area contributed by atoms with Gasteiger partial charge < -0.3 is 19.3 Å². The second kappa shape index (κ2) is 5.79. The van der Waals surface area contributed by atoms with E-state index in [1.165, 1.54) is 0 Å². The normalized spacial score (nSPS) is 12.4. The van der Waals surface area contributed by atoms with Gasteiger partial charge in [-0.15, -0.1) is 0 Å². The molecule has 104 valence electrons. The SMILES string of the molecule is OCc1cc2c(cc1OCCc1ccncc1)OCO2. The Morgan fingerprint density at radius 1 is 1.15 bits per heavy atom. The molecule has 0 bridgehead atoms. The van der Waals surface area contributed by atoms with Gasteiger partial charge in [-0.3, -0.25) is 4.98 Å². The zero-order valence-corrected chi connectivity index (χ0v) is 10.9. The van der Waals surface area contributed by atoms with E-state index in [4.69, 9.17) is 14.2 Å². The van der Waals surface area contributed by atoms with Crippen LogP contribution in [-0.2, 0) is 13.0 Å². The summed E-state index contributed by atoms with van der Waals surface area (Å²) in [6.45, 7) is 0.637. The number of rotatable bonds is 5. The summed E-state index contributed by atoms with van der Waals surface area (Å²) in [7, 11) is 0. The fourth-order valence-electron chi connectivity index (χ4n) is 2.05. The summed E-state index contributed by atoms with van der Waals surface area (Å²) in [5, 5.41) is 9.38. The molecule has 1 N–H and O–H groups in total. The highest BCUT2D eigenvalue weighted by atomic mass is 16.7. The molecule has 0 saturated carbocycles. The van der Waals surface area contributed by atoms with Crippen molar-refractivity contribution < 1.29 is 19.3 Å². The van der Waals surface area contributed by atoms with Crippen LogP contribution in [0.2, 0.25) is 0 Å². The Hall–Kier alpha value is -2.27. The Balaban J connectivity index is 1.68. The first-order valence-corrected chi connectivity index (χ1v) is 6.42. The van der Waals surface area contributed by atoms with Gasteiger partial charge in [-0.2, -0.15) is 0 Å². The lowest BCUT2D eigenvalue weighted by molar-refractivity contribution is 0.173. The highest BCUT2D eigenvalue weighted by molar-refractivity contribution is 5.51. The first-order chi connectivity index (χ1) is 9.86. The molecule has 0 radical (unpaired) electrons. The lowest BCUT2D eigenvalue weighted by Crippen LogP contribution is -2.03. The van der Waals surface area contributed by atoms with Gasteiger partial charge in [0.15, 0.2) is 11.5 Å². The highest BCUT2D eigenvalue weighted by Crippen LogP contribution is 2.38. The maximum Gasteiger partial charge on any atom is 0.231 e. The zero-order valence-electron chi connectivity index (χ0n) is 10.9. The Morgan fingerprint density at radius 2 is 1.90 bits per heavy atom. The minimum Gasteiger partial charge on any atom is -0.493 e. The molecule has 1 aromatic carbocycles. The molecule has 5 heteroatoms. The maximum atomic E-state index is 9.38. The van der Waals surface area contributed by atoms with Crippen LogP contribution in [0.25, 0.3) is 0 Å². The van der Waals surface area contributed by atoms with Crippen LogP contribution >= 0.6 is 0 Å². The first-order valence-electron chi connectivity index (χ1n) is 6.42. The molecule has 20 heavy (non-hydrogen) atoms. The fourth-order valence-corrected chi connectivity index (χ4v) is 2.05. The zero-order chi connectivity index (χ0) is 13.8. The molecule has 1 aliphatic rings. The van der Waals surface area contributed by atoms with Gasteiger partial charge in [0, 0.05) is 30.4 Å². The third-order valence-corrected chi connectivity index (χ3v) is 3.12. The number of nitrogens with zero attached hydrogens (tertiary/aromatic N) is 1. The van der Waals surface area contributed by atoms with Crippen molar-refractivity contribution in [2.45, 2.75) is 13.0 Å². The summed E-state index contributed by atoms with van der Waals surface area (Å²) in [6, 6.07) is 7.43. The Bertz CT molecular complexity index is 586. The molecule has 5 nitrogen and oxygen atoms in total. The van der Waals surface area contributed by atoms with E-state index in [9.17, 15) is 5.11 Å². The number of fused-ring (bicyclic) bond motifs is 1. The van der Waals surface area contributed by atoms with Gasteiger partial charge >= 0.3 is 0 Å². The average molecular weight is 273 g/mol. The van der Waals surface area contributed by atoms with Crippen LogP contribution in [0.15, 0.2) is 36.7 Å². The van der Waals surface area contributed by atoms with E-state index < -0.39 is 0 Å². The number of hydrogen-bond acceptors (Lipinski definition) is 5. The largest absolute Gasteiger partial charge is 0.493 e. The smallest absolute Gasteiger partial charge is 0.231 e. The summed E-state index contributed by atoms with van der Waals surface area (Å²) in [5.74, 6) is 1.93. The van der Waals surface area contributed by atoms with Crippen LogP contribution in [0.5, 0.6) is 17.2 Å². The van der Waals surface area contributed by atoms with Crippen LogP contribution < -0.4 is 14.2 Å². The van der Waals surface area contributed by atoms with Crippen molar-refractivity contribution in [1.29, 1.82) is 0 Å². The molecule has 2 aromatic rings. The second-order valence-corrected chi connectivity index (χ2v) is 4.43. The predicted molar refractivity (Wildman–Crippen MR) is 71.9 cm³/mol. The van der Waals surface area contributed by atoms with E-state index in [1.807, 2.05) is 12.1 Å². The summed E-state index contributed by atoms with van der Waals surface area (Å²) >= 11 is 0. The monoisotopic (exact) mass is 273 g/mol. The van der Waals surface area contributed by atoms with Gasteiger partial charge in [-0.05, 0) is 23.8 Å². The number of ether oxygens (including phenoxy) is 3. The second-order valence-electron chi connectivity index (χ2n) is 4.43. The minimum atomic E-state index is -0.0960. The van der Waals surface area contributed by atoms with Crippen LogP contribution in [0.1, 0.15) is 11.1 Å². The van der Waals surface area contributed by atoms with Crippen molar-refractivity contribution in [2.24, 2.45) is 0 Å². The van der Waals surface area contributed by atoms with E-state index in [2.05, 4.69) is 4.98 Å². The number of pyridine rings is 1. The Morgan fingerprint density at radius 3 is 2.65 bits per heavy atom. The third kappa shape index (κ3) is 2.67. The van der Waals surface area contributed by atoms with Crippen molar-refractivity contribution in [3.63, 3.8) is 0 Å². The molecule has 0 saturated heterocycles. The van der Waals surface area contributed by atoms with Gasteiger partial charge in [-0.1, -0.05) is 0 Å². The molecule has 1 aliphatic heterocycles. The standard InChI is InChI=1S/C15H15NO4/c17-9-12-7-14-15(20-10-19-14)8-13(12)18-6-3-11-1-4-16-5-2-11/h1-2,4-5,7-8,17H,3,6,9-10H2. The van der Waals surface area contributed by atoms with Crippen molar-refractivity contribution in [3.8, 4) is 17.2 Å². The number of hydrogen-bond donors (Lipinski definition) is 1. The number of benzene rings is 1. The number of aliphatic hydroxyl groups is 1. The summed E-state index contributed by atoms with van der Waals surface area (Å²) < 4.78 is 16.3. The summed E-state index contributed by atoms with van der Waals surface area (Å²) in [4.78, 5) is 3.97.